The number of methoxy groups -OCH3 is 1. The molecule has 0 aromatic heterocycles. The van der Waals surface area contributed by atoms with E-state index in [4.69, 9.17) is 9.47 Å². The van der Waals surface area contributed by atoms with Crippen molar-refractivity contribution in [2.75, 3.05) is 19.0 Å². The van der Waals surface area contributed by atoms with Gasteiger partial charge in [0.25, 0.3) is 0 Å². The average molecular weight is 734 g/mol. The van der Waals surface area contributed by atoms with Crippen LogP contribution < -0.4 is 10.1 Å². The number of Topliss-reactive ketones (excluding diaryl/α,β-unsaturated/α-hetero) is 1. The third kappa shape index (κ3) is 5.80. The molecule has 53 heavy (non-hydrogen) atoms. The minimum Gasteiger partial charge on any atom is -0.497 e. The summed E-state index contributed by atoms with van der Waals surface area (Å²) in [6.45, 7) is 22.4. The summed E-state index contributed by atoms with van der Waals surface area (Å²) in [6.07, 6.45) is 6.90. The molecule has 0 saturated heterocycles. The van der Waals surface area contributed by atoms with Gasteiger partial charge in [0.15, 0.2) is 5.78 Å². The number of carboxylic acid groups (broad SMARTS) is 1. The molecule has 0 amide bonds. The van der Waals surface area contributed by atoms with E-state index in [-0.39, 0.29) is 51.3 Å². The van der Waals surface area contributed by atoms with Gasteiger partial charge in [-0.05, 0) is 140 Å². The van der Waals surface area contributed by atoms with Gasteiger partial charge in [-0.1, -0.05) is 55.4 Å². The van der Waals surface area contributed by atoms with Gasteiger partial charge >= 0.3 is 11.9 Å². The number of aliphatic hydroxyl groups excluding tert-OH is 1. The van der Waals surface area contributed by atoms with Gasteiger partial charge in [-0.25, -0.2) is 0 Å². The Balaban J connectivity index is 1.30. The minimum absolute atomic E-state index is 0.00946. The molecule has 4 saturated carbocycles. The van der Waals surface area contributed by atoms with Gasteiger partial charge in [-0.3, -0.25) is 14.4 Å². The van der Waals surface area contributed by atoms with Crippen LogP contribution in [-0.2, 0) is 19.1 Å². The van der Waals surface area contributed by atoms with Gasteiger partial charge in [-0.2, -0.15) is 0 Å². The Kier molecular flexibility index (Phi) is 9.86. The van der Waals surface area contributed by atoms with Gasteiger partial charge in [0.2, 0.25) is 0 Å². The lowest BCUT2D eigenvalue weighted by Crippen LogP contribution is -2.68. The first-order valence-corrected chi connectivity index (χ1v) is 20.3. The predicted octanol–water partition coefficient (Wildman–Crippen LogP) is 9.25. The smallest absolute Gasteiger partial charge is 0.309 e. The largest absolute Gasteiger partial charge is 0.497 e. The van der Waals surface area contributed by atoms with Crippen LogP contribution in [0, 0.1) is 55.7 Å². The third-order valence-corrected chi connectivity index (χ3v) is 16.8. The summed E-state index contributed by atoms with van der Waals surface area (Å²) in [6, 6.07) is 7.77. The lowest BCUT2D eigenvalue weighted by atomic mass is 9.29. The number of hydrogen-bond donors (Lipinski definition) is 3. The van der Waals surface area contributed by atoms with Gasteiger partial charge in [0.1, 0.15) is 11.9 Å². The van der Waals surface area contributed by atoms with Crippen LogP contribution in [0.25, 0.3) is 0 Å². The van der Waals surface area contributed by atoms with Crippen molar-refractivity contribution in [2.24, 2.45) is 55.7 Å². The number of nitrogens with one attached hydrogen (secondary N) is 1. The number of carbonyl (C=O) groups excluding carboxylic acids is 2. The van der Waals surface area contributed by atoms with Crippen LogP contribution in [0.5, 0.6) is 5.75 Å². The molecular weight excluding hydrogens is 666 g/mol. The molecule has 0 spiro atoms. The topological polar surface area (TPSA) is 122 Å². The summed E-state index contributed by atoms with van der Waals surface area (Å²) in [5.41, 5.74) is 0.856. The van der Waals surface area contributed by atoms with E-state index in [1.54, 1.807) is 21.0 Å². The number of aliphatic hydroxyl groups is 1. The fraction of sp³-hybridized carbons (Fsp3) is 0.756. The van der Waals surface area contributed by atoms with Crippen molar-refractivity contribution in [2.45, 2.75) is 146 Å². The van der Waals surface area contributed by atoms with Crippen molar-refractivity contribution in [3.63, 3.8) is 0 Å². The number of carboxylic acids is 1. The predicted molar refractivity (Wildman–Crippen MR) is 207 cm³/mol. The Hall–Kier alpha value is -2.87. The number of ketones is 1. The molecule has 9 atom stereocenters. The van der Waals surface area contributed by atoms with E-state index in [9.17, 15) is 24.6 Å². The van der Waals surface area contributed by atoms with Gasteiger partial charge in [0.05, 0.1) is 25.0 Å². The van der Waals surface area contributed by atoms with Crippen LogP contribution in [0.1, 0.15) is 133 Å². The molecule has 3 N–H and O–H groups in total. The maximum absolute atomic E-state index is 14.2. The Morgan fingerprint density at radius 1 is 0.925 bits per heavy atom. The first kappa shape index (κ1) is 39.8. The van der Waals surface area contributed by atoms with E-state index >= 15 is 0 Å². The third-order valence-electron chi connectivity index (χ3n) is 16.8. The number of benzene rings is 1. The number of ether oxygens (including phenoxy) is 2. The molecular formula is C45H67NO7. The highest BCUT2D eigenvalue weighted by molar-refractivity contribution is 6.01. The monoisotopic (exact) mass is 733 g/mol. The Morgan fingerprint density at radius 3 is 2.17 bits per heavy atom. The summed E-state index contributed by atoms with van der Waals surface area (Å²) in [7, 11) is 1.65. The molecule has 1 aromatic rings. The standard InChI is InChI=1S/C45H67NO7/c1-27(2)36-30(47)24-45(33(48)26-46-28-12-14-29(52-11)15-13-28)23-22-44(10)42(8)20-16-31-40(5,6)34(53-35(49)25-39(3,4)38(50)51)18-19-41(31,7)32(42)17-21-43(44,9)37(36)45/h12-15,27,31-34,46,48H,16-26H2,1-11H3,(H,50,51)/t31-,32+,33+,34-,41-,42+,43+,44-,45-/m0/s1. The van der Waals surface area contributed by atoms with E-state index < -0.39 is 28.9 Å². The zero-order valence-corrected chi connectivity index (χ0v) is 34.4. The average Bonchev–Trinajstić information content (AvgIpc) is 3.40. The molecule has 5 aliphatic carbocycles. The van der Waals surface area contributed by atoms with Crippen molar-refractivity contribution in [1.82, 2.24) is 0 Å². The number of hydrogen-bond acceptors (Lipinski definition) is 7. The molecule has 0 unspecified atom stereocenters. The van der Waals surface area contributed by atoms with Crippen molar-refractivity contribution >= 4 is 23.4 Å². The van der Waals surface area contributed by atoms with Crippen molar-refractivity contribution in [3.05, 3.63) is 35.4 Å². The first-order chi connectivity index (χ1) is 24.5. The highest BCUT2D eigenvalue weighted by Gasteiger charge is 2.74. The Morgan fingerprint density at radius 2 is 1.57 bits per heavy atom. The SMILES string of the molecule is COc1ccc(NC[C@@H](O)[C@@]23CC[C@]4(C)[C@](C)(CC[C@@H]5[C@@]6(C)CC[C@H](OC(=O)CC(C)(C)C(=O)O)C(C)(C)[C@@H]6CC[C@]54C)C2=C(C(C)C)C(=O)C3)cc1. The molecule has 0 aliphatic heterocycles. The van der Waals surface area contributed by atoms with E-state index in [1.807, 2.05) is 24.3 Å². The first-order valence-electron chi connectivity index (χ1n) is 20.3. The molecule has 0 radical (unpaired) electrons. The molecule has 5 aliphatic rings. The fourth-order valence-electron chi connectivity index (χ4n) is 13.6. The van der Waals surface area contributed by atoms with Gasteiger partial charge < -0.3 is 25.0 Å². The summed E-state index contributed by atoms with van der Waals surface area (Å²) in [4.78, 5) is 39.1. The van der Waals surface area contributed by atoms with Crippen molar-refractivity contribution < 1.29 is 34.1 Å². The van der Waals surface area contributed by atoms with Crippen LogP contribution in [0.15, 0.2) is 35.4 Å². The van der Waals surface area contributed by atoms with E-state index in [1.165, 1.54) is 5.57 Å². The van der Waals surface area contributed by atoms with E-state index in [0.717, 1.165) is 68.4 Å². The van der Waals surface area contributed by atoms with Crippen molar-refractivity contribution in [1.29, 1.82) is 0 Å². The zero-order chi connectivity index (χ0) is 39.2. The maximum atomic E-state index is 14.2. The second kappa shape index (κ2) is 13.1. The number of allylic oxidation sites excluding steroid dienone is 1. The van der Waals surface area contributed by atoms with Gasteiger partial charge in [0, 0.05) is 29.5 Å². The molecule has 0 heterocycles. The highest BCUT2D eigenvalue weighted by atomic mass is 16.5. The summed E-state index contributed by atoms with van der Waals surface area (Å²) < 4.78 is 11.5. The molecule has 294 valence electrons. The number of anilines is 1. The fourth-order valence-corrected chi connectivity index (χ4v) is 13.6. The van der Waals surface area contributed by atoms with Crippen LogP contribution in [0.2, 0.25) is 0 Å². The Labute approximate surface area is 318 Å². The number of aliphatic carboxylic acids is 1. The molecule has 8 heteroatoms. The number of rotatable bonds is 10. The van der Waals surface area contributed by atoms with Crippen LogP contribution in [0.4, 0.5) is 5.69 Å². The molecule has 6 rings (SSSR count). The molecule has 4 fully saturated rings. The lowest BCUT2D eigenvalue weighted by Gasteiger charge is -2.75. The highest BCUT2D eigenvalue weighted by Crippen LogP contribution is 2.80. The number of esters is 1. The van der Waals surface area contributed by atoms with Crippen LogP contribution in [-0.4, -0.2) is 53.8 Å². The quantitative estimate of drug-likeness (QED) is 0.204. The zero-order valence-electron chi connectivity index (χ0n) is 34.4. The van der Waals surface area contributed by atoms with Gasteiger partial charge in [-0.15, -0.1) is 0 Å². The molecule has 8 nitrogen and oxygen atoms in total. The normalized spacial score (nSPS) is 38.3. The summed E-state index contributed by atoms with van der Waals surface area (Å²) >= 11 is 0. The van der Waals surface area contributed by atoms with Crippen LogP contribution in [0.3, 0.4) is 0 Å². The second-order valence-corrected chi connectivity index (χ2v) is 20.3. The summed E-state index contributed by atoms with van der Waals surface area (Å²) in [5, 5.41) is 25.4. The number of carbonyl (C=O) groups is 3. The van der Waals surface area contributed by atoms with Crippen molar-refractivity contribution in [3.8, 4) is 5.75 Å². The number of fused-ring (bicyclic) bond motifs is 7. The van der Waals surface area contributed by atoms with Crippen LogP contribution >= 0.6 is 0 Å². The maximum Gasteiger partial charge on any atom is 0.309 e. The van der Waals surface area contributed by atoms with E-state index in [2.05, 4.69) is 60.7 Å². The minimum atomic E-state index is -1.17. The van der Waals surface area contributed by atoms with E-state index in [0.29, 0.717) is 24.8 Å². The Bertz CT molecular complexity index is 1660. The lowest BCUT2D eigenvalue weighted by molar-refractivity contribution is -0.251. The molecule has 1 aromatic carbocycles. The molecule has 0 bridgehead atoms. The second-order valence-electron chi connectivity index (χ2n) is 20.3. The summed E-state index contributed by atoms with van der Waals surface area (Å²) in [5.74, 6) is 0.481.